The third-order valence-corrected chi connectivity index (χ3v) is 4.29. The van der Waals surface area contributed by atoms with E-state index in [1.807, 2.05) is 12.1 Å². The number of H-pyrrole nitrogens is 1. The van der Waals surface area contributed by atoms with Crippen LogP contribution >= 0.6 is 15.9 Å². The molecular formula is C17H14BrN3O4. The molecule has 0 radical (unpaired) electrons. The van der Waals surface area contributed by atoms with Gasteiger partial charge in [-0.1, -0.05) is 6.08 Å². The van der Waals surface area contributed by atoms with E-state index < -0.39 is 11.9 Å². The first-order valence-corrected chi connectivity index (χ1v) is 8.03. The number of aromatic nitrogens is 2. The zero-order valence-electron chi connectivity index (χ0n) is 13.4. The molecule has 2 aromatic rings. The van der Waals surface area contributed by atoms with Crippen LogP contribution in [0.3, 0.4) is 0 Å². The van der Waals surface area contributed by atoms with Crippen molar-refractivity contribution >= 4 is 44.5 Å². The SMILES string of the molecule is COC(=O)C1=C(C(=O)OC)N(c2cc3[nH]ncc3cc2Br)C=CC=C1. The predicted molar refractivity (Wildman–Crippen MR) is 95.6 cm³/mol. The number of methoxy groups -OCH3 is 2. The molecule has 2 heterocycles. The molecule has 1 aromatic carbocycles. The van der Waals surface area contributed by atoms with Gasteiger partial charge in [0.1, 0.15) is 5.70 Å². The smallest absolute Gasteiger partial charge is 0.355 e. The summed E-state index contributed by atoms with van der Waals surface area (Å²) in [6.45, 7) is 0. The number of carbonyl (C=O) groups excluding carboxylic acids is 2. The van der Waals surface area contributed by atoms with Gasteiger partial charge in [-0.2, -0.15) is 5.10 Å². The normalized spacial score (nSPS) is 14.0. The number of hydrogen-bond donors (Lipinski definition) is 1. The van der Waals surface area contributed by atoms with Crippen molar-refractivity contribution < 1.29 is 19.1 Å². The number of fused-ring (bicyclic) bond motifs is 1. The highest BCUT2D eigenvalue weighted by Gasteiger charge is 2.28. The first-order chi connectivity index (χ1) is 12.1. The zero-order valence-corrected chi connectivity index (χ0v) is 15.0. The lowest BCUT2D eigenvalue weighted by molar-refractivity contribution is -0.139. The Bertz CT molecular complexity index is 943. The number of benzene rings is 1. The average molecular weight is 404 g/mol. The molecule has 1 aromatic heterocycles. The number of hydrogen-bond acceptors (Lipinski definition) is 6. The summed E-state index contributed by atoms with van der Waals surface area (Å²) in [6, 6.07) is 3.69. The minimum Gasteiger partial charge on any atom is -0.465 e. The number of nitrogens with zero attached hydrogens (tertiary/aromatic N) is 2. The lowest BCUT2D eigenvalue weighted by Crippen LogP contribution is -2.27. The van der Waals surface area contributed by atoms with Crippen LogP contribution in [0.4, 0.5) is 5.69 Å². The number of nitrogens with one attached hydrogen (secondary N) is 1. The number of rotatable bonds is 3. The first-order valence-electron chi connectivity index (χ1n) is 7.24. The molecule has 0 atom stereocenters. The molecule has 0 amide bonds. The van der Waals surface area contributed by atoms with E-state index in [2.05, 4.69) is 26.1 Å². The molecule has 0 spiro atoms. The van der Waals surface area contributed by atoms with Crippen molar-refractivity contribution in [2.45, 2.75) is 0 Å². The average Bonchev–Trinajstić information content (AvgIpc) is 2.95. The Hall–Kier alpha value is -2.87. The summed E-state index contributed by atoms with van der Waals surface area (Å²) < 4.78 is 10.4. The van der Waals surface area contributed by atoms with E-state index in [1.54, 1.807) is 29.4 Å². The lowest BCUT2D eigenvalue weighted by atomic mass is 10.1. The van der Waals surface area contributed by atoms with E-state index in [9.17, 15) is 9.59 Å². The van der Waals surface area contributed by atoms with Gasteiger partial charge in [-0.05, 0) is 40.2 Å². The van der Waals surface area contributed by atoms with Gasteiger partial charge in [0.15, 0.2) is 0 Å². The molecule has 128 valence electrons. The third kappa shape index (κ3) is 3.08. The highest BCUT2D eigenvalue weighted by Crippen LogP contribution is 2.35. The molecule has 0 fully saturated rings. The zero-order chi connectivity index (χ0) is 18.0. The number of esters is 2. The Morgan fingerprint density at radius 1 is 1.16 bits per heavy atom. The van der Waals surface area contributed by atoms with Gasteiger partial charge < -0.3 is 14.4 Å². The Labute approximate surface area is 151 Å². The summed E-state index contributed by atoms with van der Waals surface area (Å²) in [6.07, 6.45) is 8.24. The van der Waals surface area contributed by atoms with Crippen molar-refractivity contribution in [1.82, 2.24) is 10.2 Å². The van der Waals surface area contributed by atoms with E-state index in [0.717, 1.165) is 15.4 Å². The van der Waals surface area contributed by atoms with Gasteiger partial charge in [0.25, 0.3) is 0 Å². The van der Waals surface area contributed by atoms with Gasteiger partial charge >= 0.3 is 11.9 Å². The molecule has 0 saturated carbocycles. The number of halogens is 1. The van der Waals surface area contributed by atoms with Crippen molar-refractivity contribution in [1.29, 1.82) is 0 Å². The van der Waals surface area contributed by atoms with Crippen molar-refractivity contribution in [2.75, 3.05) is 19.1 Å². The highest BCUT2D eigenvalue weighted by molar-refractivity contribution is 9.10. The van der Waals surface area contributed by atoms with Crippen molar-refractivity contribution in [3.8, 4) is 0 Å². The molecule has 1 N–H and O–H groups in total. The quantitative estimate of drug-likeness (QED) is 0.793. The molecular weight excluding hydrogens is 390 g/mol. The molecule has 0 saturated heterocycles. The van der Waals surface area contributed by atoms with E-state index in [0.29, 0.717) is 5.69 Å². The number of aromatic amines is 1. The molecule has 8 heteroatoms. The van der Waals surface area contributed by atoms with Gasteiger partial charge in [0, 0.05) is 16.1 Å². The molecule has 0 unspecified atom stereocenters. The van der Waals surface area contributed by atoms with Crippen LogP contribution in [0.2, 0.25) is 0 Å². The van der Waals surface area contributed by atoms with Crippen LogP contribution in [-0.2, 0) is 19.1 Å². The van der Waals surface area contributed by atoms with Gasteiger partial charge in [-0.25, -0.2) is 9.59 Å². The summed E-state index contributed by atoms with van der Waals surface area (Å²) in [4.78, 5) is 26.2. The van der Waals surface area contributed by atoms with Crippen LogP contribution in [-0.4, -0.2) is 36.4 Å². The van der Waals surface area contributed by atoms with E-state index in [1.165, 1.54) is 20.3 Å². The molecule has 1 aliphatic rings. The van der Waals surface area contributed by atoms with E-state index in [4.69, 9.17) is 9.47 Å². The largest absolute Gasteiger partial charge is 0.465 e. The minimum atomic E-state index is -0.659. The maximum atomic E-state index is 12.4. The van der Waals surface area contributed by atoms with Crippen LogP contribution in [0.25, 0.3) is 10.9 Å². The number of ether oxygens (including phenoxy) is 2. The Morgan fingerprint density at radius 2 is 1.92 bits per heavy atom. The summed E-state index contributed by atoms with van der Waals surface area (Å²) in [5.41, 5.74) is 1.57. The van der Waals surface area contributed by atoms with Crippen LogP contribution in [0, 0.1) is 0 Å². The third-order valence-electron chi connectivity index (χ3n) is 3.66. The molecule has 0 aliphatic carbocycles. The summed E-state index contributed by atoms with van der Waals surface area (Å²) in [7, 11) is 2.52. The van der Waals surface area contributed by atoms with Gasteiger partial charge in [-0.3, -0.25) is 5.10 Å². The van der Waals surface area contributed by atoms with Crippen LogP contribution in [0.15, 0.2) is 58.5 Å². The Kier molecular flexibility index (Phi) is 4.71. The van der Waals surface area contributed by atoms with Gasteiger partial charge in [0.05, 0.1) is 37.2 Å². The van der Waals surface area contributed by atoms with Crippen molar-refractivity contribution in [2.24, 2.45) is 0 Å². The first kappa shape index (κ1) is 17.0. The second-order valence-corrected chi connectivity index (χ2v) is 5.93. The lowest BCUT2D eigenvalue weighted by Gasteiger charge is -2.24. The molecule has 7 nitrogen and oxygen atoms in total. The molecule has 1 aliphatic heterocycles. The van der Waals surface area contributed by atoms with E-state index in [-0.39, 0.29) is 11.3 Å². The molecule has 0 bridgehead atoms. The summed E-state index contributed by atoms with van der Waals surface area (Å²) in [5.74, 6) is -1.29. The summed E-state index contributed by atoms with van der Waals surface area (Å²) in [5, 5.41) is 7.79. The van der Waals surface area contributed by atoms with E-state index >= 15 is 0 Å². The molecule has 25 heavy (non-hydrogen) atoms. The molecule has 3 rings (SSSR count). The predicted octanol–water partition coefficient (Wildman–Crippen LogP) is 2.82. The van der Waals surface area contributed by atoms with Gasteiger partial charge in [0.2, 0.25) is 0 Å². The van der Waals surface area contributed by atoms with Crippen molar-refractivity contribution in [3.05, 3.63) is 58.5 Å². The minimum absolute atomic E-state index is 0.0546. The fourth-order valence-electron chi connectivity index (χ4n) is 2.49. The fraction of sp³-hybridized carbons (Fsp3) is 0.118. The number of allylic oxidation sites excluding steroid dienone is 2. The van der Waals surface area contributed by atoms with Gasteiger partial charge in [-0.15, -0.1) is 0 Å². The summed E-state index contributed by atoms with van der Waals surface area (Å²) >= 11 is 3.51. The standard InChI is InChI=1S/C17H14BrN3O4/c1-24-16(22)11-5-3-4-6-21(15(11)17(23)25-2)14-8-13-10(7-12(14)18)9-19-20-13/h3-9H,1-2H3,(H,19,20). The number of carbonyl (C=O) groups is 2. The highest BCUT2D eigenvalue weighted by atomic mass is 79.9. The van der Waals surface area contributed by atoms with Crippen LogP contribution in [0.1, 0.15) is 0 Å². The van der Waals surface area contributed by atoms with Crippen LogP contribution < -0.4 is 4.90 Å². The second kappa shape index (κ2) is 6.94. The van der Waals surface area contributed by atoms with Crippen molar-refractivity contribution in [3.63, 3.8) is 0 Å². The Morgan fingerprint density at radius 3 is 2.64 bits per heavy atom. The fourth-order valence-corrected chi connectivity index (χ4v) is 3.04. The Balaban J connectivity index is 2.24. The number of anilines is 1. The maximum Gasteiger partial charge on any atom is 0.355 e. The monoisotopic (exact) mass is 403 g/mol. The van der Waals surface area contributed by atoms with Crippen LogP contribution in [0.5, 0.6) is 0 Å². The topological polar surface area (TPSA) is 84.5 Å². The second-order valence-electron chi connectivity index (χ2n) is 5.08. The maximum absolute atomic E-state index is 12.4.